The fraction of sp³-hybridized carbons (Fsp3) is 0.500. The summed E-state index contributed by atoms with van der Waals surface area (Å²) in [5, 5.41) is 11.4. The van der Waals surface area contributed by atoms with Crippen molar-refractivity contribution < 1.29 is 9.72 Å². The molecular weight excluding hydrogens is 310 g/mol. The van der Waals surface area contributed by atoms with Crippen molar-refractivity contribution >= 4 is 21.7 Å². The van der Waals surface area contributed by atoms with Crippen LogP contribution in [0.3, 0.4) is 0 Å². The summed E-state index contributed by atoms with van der Waals surface area (Å²) in [5.74, 6) is -0.227. The Hall–Kier alpha value is -1.23. The van der Waals surface area contributed by atoms with Crippen LogP contribution < -0.4 is 0 Å². The molecule has 1 saturated carbocycles. The molecule has 0 aromatic heterocycles. The first-order chi connectivity index (χ1) is 8.81. The number of hydrogen-bond donors (Lipinski definition) is 0. The third-order valence-electron chi connectivity index (χ3n) is 3.81. The van der Waals surface area contributed by atoms with Crippen LogP contribution in [0.4, 0.5) is 0 Å². The number of ketones is 1. The average molecular weight is 326 g/mol. The molecule has 5 heteroatoms. The molecule has 0 bridgehead atoms. The van der Waals surface area contributed by atoms with Crippen LogP contribution >= 0.6 is 15.9 Å². The first kappa shape index (κ1) is 14.2. The van der Waals surface area contributed by atoms with Gasteiger partial charge in [-0.05, 0) is 17.7 Å². The van der Waals surface area contributed by atoms with Crippen LogP contribution in [0.25, 0.3) is 0 Å². The molecule has 0 N–H and O–H groups in total. The Morgan fingerprint density at radius 2 is 1.89 bits per heavy atom. The highest BCUT2D eigenvalue weighted by atomic mass is 79.9. The van der Waals surface area contributed by atoms with Crippen LogP contribution in [0.15, 0.2) is 28.7 Å². The summed E-state index contributed by atoms with van der Waals surface area (Å²) < 4.78 is 0.926. The van der Waals surface area contributed by atoms with Gasteiger partial charge in [-0.1, -0.05) is 41.9 Å². The van der Waals surface area contributed by atoms with Crippen LogP contribution in [-0.2, 0) is 4.79 Å². The number of Topliss-reactive ketones (excluding diaryl/α,β-unsaturated/α-hetero) is 1. The van der Waals surface area contributed by atoms with E-state index >= 15 is 0 Å². The summed E-state index contributed by atoms with van der Waals surface area (Å²) in [7, 11) is 0. The first-order valence-corrected chi connectivity index (χ1v) is 7.01. The van der Waals surface area contributed by atoms with Crippen molar-refractivity contribution in [3.05, 3.63) is 44.4 Å². The minimum Gasteiger partial charge on any atom is -0.300 e. The highest BCUT2D eigenvalue weighted by molar-refractivity contribution is 9.10. The van der Waals surface area contributed by atoms with E-state index < -0.39 is 11.5 Å². The smallest absolute Gasteiger partial charge is 0.225 e. The molecule has 0 spiro atoms. The maximum absolute atomic E-state index is 11.9. The van der Waals surface area contributed by atoms with Crippen molar-refractivity contribution in [3.8, 4) is 0 Å². The van der Waals surface area contributed by atoms with Crippen LogP contribution in [-0.4, -0.2) is 16.7 Å². The summed E-state index contributed by atoms with van der Waals surface area (Å²) in [6.07, 6.45) is 0.544. The zero-order chi connectivity index (χ0) is 14.2. The van der Waals surface area contributed by atoms with Gasteiger partial charge < -0.3 is 0 Å². The monoisotopic (exact) mass is 325 g/mol. The molecule has 2 atom stereocenters. The molecule has 1 fully saturated rings. The molecule has 1 aromatic carbocycles. The zero-order valence-electron chi connectivity index (χ0n) is 10.9. The third-order valence-corrected chi connectivity index (χ3v) is 4.34. The van der Waals surface area contributed by atoms with E-state index in [1.807, 2.05) is 38.1 Å². The Morgan fingerprint density at radius 1 is 1.32 bits per heavy atom. The number of carbonyl (C=O) groups is 1. The lowest BCUT2D eigenvalue weighted by Crippen LogP contribution is -2.47. The van der Waals surface area contributed by atoms with Gasteiger partial charge in [0.1, 0.15) is 5.78 Å². The molecule has 19 heavy (non-hydrogen) atoms. The fourth-order valence-electron chi connectivity index (χ4n) is 3.03. The minimum absolute atomic E-state index is 0.107. The van der Waals surface area contributed by atoms with Crippen molar-refractivity contribution in [1.29, 1.82) is 0 Å². The standard InChI is InChI=1S/C14H16BrNO3/c1-14(2)8-11(17)7-12(13(14)16(18)19)9-3-5-10(15)6-4-9/h3-6,12-13H,7-8H2,1-2H3/t12-,13+/m0/s1. The molecule has 2 rings (SSSR count). The largest absolute Gasteiger partial charge is 0.300 e. The molecule has 0 amide bonds. The van der Waals surface area contributed by atoms with Gasteiger partial charge in [-0.15, -0.1) is 0 Å². The van der Waals surface area contributed by atoms with Crippen molar-refractivity contribution in [2.45, 2.75) is 38.6 Å². The molecule has 102 valence electrons. The molecule has 4 nitrogen and oxygen atoms in total. The van der Waals surface area contributed by atoms with Gasteiger partial charge in [0.15, 0.2) is 0 Å². The predicted molar refractivity (Wildman–Crippen MR) is 75.7 cm³/mol. The highest BCUT2D eigenvalue weighted by Gasteiger charge is 2.50. The molecule has 1 aliphatic rings. The van der Waals surface area contributed by atoms with E-state index in [2.05, 4.69) is 15.9 Å². The SMILES string of the molecule is CC1(C)CC(=O)C[C@@H](c2ccc(Br)cc2)[C@H]1[N+](=O)[O-]. The number of benzene rings is 1. The fourth-order valence-corrected chi connectivity index (χ4v) is 3.29. The molecule has 0 saturated heterocycles. The summed E-state index contributed by atoms with van der Waals surface area (Å²) in [5.41, 5.74) is 0.266. The van der Waals surface area contributed by atoms with Gasteiger partial charge in [-0.3, -0.25) is 14.9 Å². The molecule has 1 aromatic rings. The number of rotatable bonds is 2. The lowest BCUT2D eigenvalue weighted by molar-refractivity contribution is -0.546. The summed E-state index contributed by atoms with van der Waals surface area (Å²) in [6.45, 7) is 3.62. The summed E-state index contributed by atoms with van der Waals surface area (Å²) in [4.78, 5) is 23.1. The van der Waals surface area contributed by atoms with Crippen molar-refractivity contribution in [3.63, 3.8) is 0 Å². The quantitative estimate of drug-likeness (QED) is 0.617. The van der Waals surface area contributed by atoms with Gasteiger partial charge in [-0.25, -0.2) is 0 Å². The van der Waals surface area contributed by atoms with Crippen LogP contribution in [0.5, 0.6) is 0 Å². The highest BCUT2D eigenvalue weighted by Crippen LogP contribution is 2.43. The lowest BCUT2D eigenvalue weighted by Gasteiger charge is -2.37. The van der Waals surface area contributed by atoms with E-state index in [1.165, 1.54) is 0 Å². The number of nitro groups is 1. The molecule has 0 unspecified atom stereocenters. The Morgan fingerprint density at radius 3 is 2.42 bits per heavy atom. The first-order valence-electron chi connectivity index (χ1n) is 6.22. The van der Waals surface area contributed by atoms with Gasteiger partial charge in [0.2, 0.25) is 6.04 Å². The molecule has 0 heterocycles. The van der Waals surface area contributed by atoms with E-state index in [-0.39, 0.29) is 29.5 Å². The van der Waals surface area contributed by atoms with E-state index in [0.717, 1.165) is 10.0 Å². The minimum atomic E-state index is -0.716. The Kier molecular flexibility index (Phi) is 3.76. The zero-order valence-corrected chi connectivity index (χ0v) is 12.5. The third kappa shape index (κ3) is 2.86. The molecular formula is C14H16BrNO3. The number of halogens is 1. The molecule has 0 radical (unpaired) electrons. The van der Waals surface area contributed by atoms with Gasteiger partial charge in [-0.2, -0.15) is 0 Å². The van der Waals surface area contributed by atoms with Crippen LogP contribution in [0, 0.1) is 15.5 Å². The maximum Gasteiger partial charge on any atom is 0.225 e. The van der Waals surface area contributed by atoms with Crippen molar-refractivity contribution in [2.75, 3.05) is 0 Å². The average Bonchev–Trinajstić information content (AvgIpc) is 2.26. The van der Waals surface area contributed by atoms with Crippen molar-refractivity contribution in [1.82, 2.24) is 0 Å². The lowest BCUT2D eigenvalue weighted by atomic mass is 9.66. The van der Waals surface area contributed by atoms with Crippen LogP contribution in [0.1, 0.15) is 38.2 Å². The van der Waals surface area contributed by atoms with Gasteiger partial charge >= 0.3 is 0 Å². The second-order valence-corrected chi connectivity index (χ2v) is 6.71. The number of carbonyl (C=O) groups excluding carboxylic acids is 1. The Balaban J connectivity index is 2.42. The summed E-state index contributed by atoms with van der Waals surface area (Å²) in [6, 6.07) is 6.72. The van der Waals surface area contributed by atoms with Crippen molar-refractivity contribution in [2.24, 2.45) is 5.41 Å². The number of nitrogens with zero attached hydrogens (tertiary/aromatic N) is 1. The van der Waals surface area contributed by atoms with E-state index in [1.54, 1.807) is 0 Å². The Labute approximate surface area is 120 Å². The van der Waals surface area contributed by atoms with Crippen LogP contribution in [0.2, 0.25) is 0 Å². The normalized spacial score (nSPS) is 26.2. The van der Waals surface area contributed by atoms with E-state index in [0.29, 0.717) is 0 Å². The second kappa shape index (κ2) is 5.04. The topological polar surface area (TPSA) is 60.2 Å². The maximum atomic E-state index is 11.9. The second-order valence-electron chi connectivity index (χ2n) is 5.80. The van der Waals surface area contributed by atoms with E-state index in [4.69, 9.17) is 0 Å². The summed E-state index contributed by atoms with van der Waals surface area (Å²) >= 11 is 3.35. The van der Waals surface area contributed by atoms with Gasteiger partial charge in [0, 0.05) is 27.7 Å². The number of hydrogen-bond acceptors (Lipinski definition) is 3. The molecule has 0 aliphatic heterocycles. The van der Waals surface area contributed by atoms with E-state index in [9.17, 15) is 14.9 Å². The Bertz CT molecular complexity index is 510. The van der Waals surface area contributed by atoms with Gasteiger partial charge in [0.25, 0.3) is 0 Å². The predicted octanol–water partition coefficient (Wildman–Crippen LogP) is 3.57. The van der Waals surface area contributed by atoms with Gasteiger partial charge in [0.05, 0.1) is 5.92 Å². The molecule has 1 aliphatic carbocycles.